The number of aliphatic carboxylic acids is 1. The molecule has 0 aliphatic carbocycles. The van der Waals surface area contributed by atoms with Gasteiger partial charge in [-0.25, -0.2) is 14.5 Å². The monoisotopic (exact) mass is 587 g/mol. The fraction of sp³-hybridized carbons (Fsp3) is 0.286. The van der Waals surface area contributed by atoms with E-state index in [1.54, 1.807) is 0 Å². The number of carboxylic acids is 1. The summed E-state index contributed by atoms with van der Waals surface area (Å²) in [6, 6.07) is -1.03. The van der Waals surface area contributed by atoms with Crippen LogP contribution in [-0.4, -0.2) is 94.6 Å². The first-order valence-electron chi connectivity index (χ1n) is 10.7. The zero-order valence-electron chi connectivity index (χ0n) is 19.6. The Hall–Kier alpha value is -4.39. The van der Waals surface area contributed by atoms with Crippen LogP contribution in [0.4, 0.5) is 5.13 Å². The fourth-order valence-corrected chi connectivity index (χ4v) is 6.50. The lowest BCUT2D eigenvalue weighted by Gasteiger charge is -2.49. The summed E-state index contributed by atoms with van der Waals surface area (Å²) in [7, 11) is 0. The van der Waals surface area contributed by atoms with Crippen molar-refractivity contribution in [3.05, 3.63) is 22.3 Å². The minimum Gasteiger partial charge on any atom is -0.477 e. The number of nitrogens with zero attached hydrogens (tertiary/aromatic N) is 7. The SMILES string of the molecule is C#CCON=C(C(=O)NC1C(=O)N2C(C(=O)O)=C(CSc3nnnn3CC#C)CS[C@@H]12)c1csc(NC=O)n1. The number of anilines is 1. The molecule has 4 heterocycles. The third kappa shape index (κ3) is 5.87. The molecule has 2 aromatic heterocycles. The zero-order valence-corrected chi connectivity index (χ0v) is 22.1. The number of carboxylic acid groups (broad SMARTS) is 1. The summed E-state index contributed by atoms with van der Waals surface area (Å²) >= 11 is 3.52. The van der Waals surface area contributed by atoms with E-state index in [-0.39, 0.29) is 46.9 Å². The molecule has 1 unspecified atom stereocenters. The van der Waals surface area contributed by atoms with Gasteiger partial charge in [-0.1, -0.05) is 28.8 Å². The molecule has 1 fully saturated rings. The number of terminal acetylenes is 2. The summed E-state index contributed by atoms with van der Waals surface area (Å²) < 4.78 is 1.40. The smallest absolute Gasteiger partial charge is 0.352 e. The molecule has 2 aliphatic rings. The molecule has 4 rings (SSSR count). The average Bonchev–Trinajstić information content (AvgIpc) is 3.57. The van der Waals surface area contributed by atoms with Gasteiger partial charge in [0.15, 0.2) is 17.5 Å². The van der Waals surface area contributed by atoms with Crippen LogP contribution in [0.15, 0.2) is 27.0 Å². The molecule has 2 atom stereocenters. The summed E-state index contributed by atoms with van der Waals surface area (Å²) in [5, 5.41) is 31.2. The number of fused-ring (bicyclic) bond motifs is 1. The van der Waals surface area contributed by atoms with Gasteiger partial charge in [-0.3, -0.25) is 19.3 Å². The maximum atomic E-state index is 13.1. The lowest BCUT2D eigenvalue weighted by atomic mass is 10.0. The maximum Gasteiger partial charge on any atom is 0.352 e. The molecule has 18 heteroatoms. The third-order valence-corrected chi connectivity index (χ3v) is 8.26. The van der Waals surface area contributed by atoms with Gasteiger partial charge in [-0.05, 0) is 16.0 Å². The van der Waals surface area contributed by atoms with Gasteiger partial charge in [0.05, 0.1) is 0 Å². The van der Waals surface area contributed by atoms with E-state index in [2.05, 4.69) is 48.1 Å². The molecule has 0 saturated carbocycles. The number of hydrogen-bond donors (Lipinski definition) is 3. The highest BCUT2D eigenvalue weighted by Gasteiger charge is 2.54. The maximum absolute atomic E-state index is 13.1. The highest BCUT2D eigenvalue weighted by atomic mass is 32.2. The Kier molecular flexibility index (Phi) is 8.81. The van der Waals surface area contributed by atoms with E-state index in [0.717, 1.165) is 16.2 Å². The minimum atomic E-state index is -1.28. The van der Waals surface area contributed by atoms with Crippen molar-refractivity contribution in [3.63, 3.8) is 0 Å². The molecular weight excluding hydrogens is 570 g/mol. The molecule has 0 spiro atoms. The summed E-state index contributed by atoms with van der Waals surface area (Å²) in [6.45, 7) is -0.0739. The van der Waals surface area contributed by atoms with Crippen molar-refractivity contribution in [1.82, 2.24) is 35.4 Å². The van der Waals surface area contributed by atoms with E-state index in [0.29, 0.717) is 17.1 Å². The number of carbonyl (C=O) groups is 4. The molecule has 3 amide bonds. The van der Waals surface area contributed by atoms with Crippen LogP contribution in [0.1, 0.15) is 5.69 Å². The number of rotatable bonds is 12. The van der Waals surface area contributed by atoms with Crippen molar-refractivity contribution < 1.29 is 29.1 Å². The Labute approximate surface area is 232 Å². The Bertz CT molecular complexity index is 1450. The lowest BCUT2D eigenvalue weighted by Crippen LogP contribution is -2.71. The van der Waals surface area contributed by atoms with Crippen LogP contribution in [0, 0.1) is 24.7 Å². The highest BCUT2D eigenvalue weighted by Crippen LogP contribution is 2.41. The number of nitrogens with one attached hydrogen (secondary N) is 2. The minimum absolute atomic E-state index is 0.0800. The van der Waals surface area contributed by atoms with E-state index in [1.165, 1.54) is 33.6 Å². The van der Waals surface area contributed by atoms with Crippen LogP contribution in [0.3, 0.4) is 0 Å². The van der Waals surface area contributed by atoms with Crippen LogP contribution in [0.25, 0.3) is 0 Å². The number of aromatic nitrogens is 5. The number of thiazole rings is 1. The molecule has 2 aliphatic heterocycles. The fourth-order valence-electron chi connectivity index (χ4n) is 3.48. The largest absolute Gasteiger partial charge is 0.477 e. The quantitative estimate of drug-likeness (QED) is 0.0534. The van der Waals surface area contributed by atoms with Crippen LogP contribution in [-0.2, 0) is 30.6 Å². The first-order valence-corrected chi connectivity index (χ1v) is 13.6. The van der Waals surface area contributed by atoms with Crippen molar-refractivity contribution in [1.29, 1.82) is 0 Å². The lowest BCUT2D eigenvalue weighted by molar-refractivity contribution is -0.150. The summed E-state index contributed by atoms with van der Waals surface area (Å²) in [5.41, 5.74) is 0.137. The third-order valence-electron chi connectivity index (χ3n) is 5.10. The van der Waals surface area contributed by atoms with Gasteiger partial charge in [0.25, 0.3) is 11.8 Å². The van der Waals surface area contributed by atoms with Crippen LogP contribution >= 0.6 is 34.9 Å². The first-order chi connectivity index (χ1) is 18.9. The first kappa shape index (κ1) is 27.6. The van der Waals surface area contributed by atoms with Gasteiger partial charge in [-0.15, -0.1) is 41.0 Å². The second-order valence-electron chi connectivity index (χ2n) is 7.45. The summed E-state index contributed by atoms with van der Waals surface area (Å²) in [5.74, 6) is 2.44. The molecule has 200 valence electrons. The van der Waals surface area contributed by atoms with Gasteiger partial charge >= 0.3 is 5.97 Å². The van der Waals surface area contributed by atoms with Gasteiger partial charge in [0.2, 0.25) is 11.6 Å². The Morgan fingerprint density at radius 2 is 2.21 bits per heavy atom. The number of β-lactam (4-membered cyclic amide) rings is 1. The topological polar surface area (TPSA) is 194 Å². The Morgan fingerprint density at radius 3 is 2.92 bits per heavy atom. The van der Waals surface area contributed by atoms with Crippen molar-refractivity contribution in [3.8, 4) is 24.7 Å². The van der Waals surface area contributed by atoms with Crippen molar-refractivity contribution in [2.24, 2.45) is 5.16 Å². The van der Waals surface area contributed by atoms with E-state index < -0.39 is 29.2 Å². The Morgan fingerprint density at radius 1 is 1.38 bits per heavy atom. The Balaban J connectivity index is 1.49. The molecule has 39 heavy (non-hydrogen) atoms. The van der Waals surface area contributed by atoms with E-state index in [1.807, 2.05) is 0 Å². The number of carbonyl (C=O) groups excluding carboxylic acids is 3. The molecule has 1 saturated heterocycles. The van der Waals surface area contributed by atoms with Crippen molar-refractivity contribution in [2.45, 2.75) is 23.1 Å². The van der Waals surface area contributed by atoms with Gasteiger partial charge < -0.3 is 20.6 Å². The van der Waals surface area contributed by atoms with E-state index in [9.17, 15) is 24.3 Å². The van der Waals surface area contributed by atoms with Crippen LogP contribution < -0.4 is 10.6 Å². The second-order valence-corrected chi connectivity index (χ2v) is 10.4. The molecule has 0 radical (unpaired) electrons. The predicted molar refractivity (Wildman–Crippen MR) is 140 cm³/mol. The summed E-state index contributed by atoms with van der Waals surface area (Å²) in [4.78, 5) is 59.1. The van der Waals surface area contributed by atoms with Gasteiger partial charge in [-0.2, -0.15) is 0 Å². The van der Waals surface area contributed by atoms with Gasteiger partial charge in [0, 0.05) is 16.9 Å². The van der Waals surface area contributed by atoms with Crippen molar-refractivity contribution in [2.75, 3.05) is 23.4 Å². The normalized spacial score (nSPS) is 18.4. The second kappa shape index (κ2) is 12.4. The van der Waals surface area contributed by atoms with Gasteiger partial charge in [0.1, 0.15) is 29.4 Å². The van der Waals surface area contributed by atoms with Crippen molar-refractivity contribution >= 4 is 69.9 Å². The van der Waals surface area contributed by atoms with Crippen LogP contribution in [0.5, 0.6) is 0 Å². The number of hydrogen-bond acceptors (Lipinski definition) is 13. The molecule has 0 aromatic carbocycles. The predicted octanol–water partition coefficient (Wildman–Crippen LogP) is -0.784. The molecular formula is C21H17N9O6S3. The van der Waals surface area contributed by atoms with E-state index >= 15 is 0 Å². The number of tetrazole rings is 1. The molecule has 15 nitrogen and oxygen atoms in total. The molecule has 0 bridgehead atoms. The highest BCUT2D eigenvalue weighted by molar-refractivity contribution is 8.01. The average molecular weight is 588 g/mol. The molecule has 3 N–H and O–H groups in total. The van der Waals surface area contributed by atoms with E-state index in [4.69, 9.17) is 17.7 Å². The number of thioether (sulfide) groups is 2. The zero-order chi connectivity index (χ0) is 27.9. The number of oxime groups is 1. The standard InChI is InChI=1S/C21H17N9O6S3/c1-3-5-29-21(25-27-28-29)39-8-11-7-37-18-14(17(33)30(18)15(11)19(34)35)24-16(32)13(26-36-6-4-2)12-9-38-20(23-12)22-10-31/h1-2,9-10,14,18H,5-8H2,(H,24,32)(H,34,35)(H,22,23,31)/t14?,18-/m0/s1. The summed E-state index contributed by atoms with van der Waals surface area (Å²) in [6.07, 6.45) is 10.9. The van der Waals surface area contributed by atoms with Crippen LogP contribution in [0.2, 0.25) is 0 Å². The molecule has 2 aromatic rings. The number of amides is 3.